The molecule has 4 nitrogen and oxygen atoms in total. The van der Waals surface area contributed by atoms with E-state index in [2.05, 4.69) is 22.1 Å². The van der Waals surface area contributed by atoms with Gasteiger partial charge in [-0.2, -0.15) is 0 Å². The van der Waals surface area contributed by atoms with E-state index in [1.807, 2.05) is 37.3 Å². The van der Waals surface area contributed by atoms with Gasteiger partial charge in [-0.05, 0) is 36.8 Å². The Morgan fingerprint density at radius 3 is 2.59 bits per heavy atom. The molecule has 2 heterocycles. The fourth-order valence-electron chi connectivity index (χ4n) is 2.27. The molecule has 0 fully saturated rings. The Kier molecular flexibility index (Phi) is 4.49. The molecule has 0 aliphatic carbocycles. The van der Waals surface area contributed by atoms with E-state index < -0.39 is 0 Å². The molecule has 0 radical (unpaired) electrons. The predicted octanol–water partition coefficient (Wildman–Crippen LogP) is 3.65. The molecule has 3 aromatic rings. The zero-order valence-electron chi connectivity index (χ0n) is 12.5. The molecule has 0 spiro atoms. The maximum absolute atomic E-state index is 5.87. The Hall–Kier alpha value is -2.62. The van der Waals surface area contributed by atoms with E-state index in [0.717, 1.165) is 29.0 Å². The molecular formula is C18H18N2O2. The first-order chi connectivity index (χ1) is 10.9. The Morgan fingerprint density at radius 1 is 0.909 bits per heavy atom. The van der Waals surface area contributed by atoms with Gasteiger partial charge in [-0.15, -0.1) is 0 Å². The molecule has 1 aromatic carbocycles. The molecule has 3 rings (SSSR count). The summed E-state index contributed by atoms with van der Waals surface area (Å²) in [6.07, 6.45) is 4.34. The van der Waals surface area contributed by atoms with Crippen molar-refractivity contribution in [3.05, 3.63) is 60.4 Å². The number of nitrogens with zero attached hydrogens (tertiary/aromatic N) is 2. The third-order valence-electron chi connectivity index (χ3n) is 3.34. The third-order valence-corrected chi connectivity index (χ3v) is 3.34. The van der Waals surface area contributed by atoms with Gasteiger partial charge < -0.3 is 9.47 Å². The van der Waals surface area contributed by atoms with E-state index in [4.69, 9.17) is 9.47 Å². The molecule has 0 saturated carbocycles. The third kappa shape index (κ3) is 3.34. The number of hydrogen-bond acceptors (Lipinski definition) is 4. The molecule has 0 aliphatic heterocycles. The second-order valence-corrected chi connectivity index (χ2v) is 4.86. The number of benzene rings is 1. The van der Waals surface area contributed by atoms with Crippen molar-refractivity contribution in [1.82, 2.24) is 9.97 Å². The summed E-state index contributed by atoms with van der Waals surface area (Å²) >= 11 is 0. The van der Waals surface area contributed by atoms with E-state index in [0.29, 0.717) is 13.2 Å². The maximum atomic E-state index is 5.87. The second-order valence-electron chi connectivity index (χ2n) is 4.86. The van der Waals surface area contributed by atoms with Crippen molar-refractivity contribution < 1.29 is 9.47 Å². The summed E-state index contributed by atoms with van der Waals surface area (Å²) in [5.74, 6) is 1.67. The number of ether oxygens (including phenoxy) is 2. The molecular weight excluding hydrogens is 276 g/mol. The first kappa shape index (κ1) is 14.3. The fourth-order valence-corrected chi connectivity index (χ4v) is 2.27. The maximum Gasteiger partial charge on any atom is 0.148 e. The zero-order chi connectivity index (χ0) is 15.2. The molecule has 0 aliphatic rings. The lowest BCUT2D eigenvalue weighted by molar-refractivity contribution is 0.324. The van der Waals surface area contributed by atoms with E-state index in [-0.39, 0.29) is 0 Å². The molecule has 0 N–H and O–H groups in total. The van der Waals surface area contributed by atoms with Crippen LogP contribution in [-0.2, 0) is 6.42 Å². The largest absolute Gasteiger partial charge is 0.494 e. The van der Waals surface area contributed by atoms with Crippen molar-refractivity contribution in [2.45, 2.75) is 13.3 Å². The highest BCUT2D eigenvalue weighted by atomic mass is 16.5. The van der Waals surface area contributed by atoms with E-state index >= 15 is 0 Å². The summed E-state index contributed by atoms with van der Waals surface area (Å²) < 4.78 is 11.3. The van der Waals surface area contributed by atoms with Crippen LogP contribution in [0.15, 0.2) is 54.9 Å². The normalized spacial score (nSPS) is 10.6. The SMILES string of the molecule is CCOc1ccc(CCOc2ccnc3cccnc23)cc1. The van der Waals surface area contributed by atoms with Gasteiger partial charge in [-0.3, -0.25) is 9.97 Å². The molecule has 112 valence electrons. The second kappa shape index (κ2) is 6.89. The van der Waals surface area contributed by atoms with E-state index in [9.17, 15) is 0 Å². The number of aromatic nitrogens is 2. The molecule has 4 heteroatoms. The van der Waals surface area contributed by atoms with Gasteiger partial charge in [-0.25, -0.2) is 0 Å². The number of fused-ring (bicyclic) bond motifs is 1. The minimum atomic E-state index is 0.601. The molecule has 0 saturated heterocycles. The van der Waals surface area contributed by atoms with Gasteiger partial charge >= 0.3 is 0 Å². The van der Waals surface area contributed by atoms with Gasteiger partial charge in [0.2, 0.25) is 0 Å². The number of hydrogen-bond donors (Lipinski definition) is 0. The van der Waals surface area contributed by atoms with Crippen molar-refractivity contribution in [1.29, 1.82) is 0 Å². The van der Waals surface area contributed by atoms with Crippen LogP contribution >= 0.6 is 0 Å². The summed E-state index contributed by atoms with van der Waals surface area (Å²) in [5.41, 5.74) is 2.87. The minimum Gasteiger partial charge on any atom is -0.494 e. The lowest BCUT2D eigenvalue weighted by Crippen LogP contribution is -2.02. The number of pyridine rings is 2. The Balaban J connectivity index is 1.62. The smallest absolute Gasteiger partial charge is 0.148 e. The van der Waals surface area contributed by atoms with Crippen LogP contribution in [0.1, 0.15) is 12.5 Å². The summed E-state index contributed by atoms with van der Waals surface area (Å²) in [6.45, 7) is 3.27. The van der Waals surface area contributed by atoms with Crippen molar-refractivity contribution >= 4 is 11.0 Å². The average molecular weight is 294 g/mol. The lowest BCUT2D eigenvalue weighted by Gasteiger charge is -2.09. The molecule has 0 atom stereocenters. The minimum absolute atomic E-state index is 0.601. The highest BCUT2D eigenvalue weighted by Gasteiger charge is 2.04. The Labute approximate surface area is 129 Å². The first-order valence-corrected chi connectivity index (χ1v) is 7.41. The van der Waals surface area contributed by atoms with Crippen LogP contribution in [0.4, 0.5) is 0 Å². The van der Waals surface area contributed by atoms with Crippen LogP contribution in [0, 0.1) is 0 Å². The summed E-state index contributed by atoms with van der Waals surface area (Å²) in [4.78, 5) is 8.61. The van der Waals surface area contributed by atoms with Gasteiger partial charge in [0, 0.05) is 24.9 Å². The molecule has 22 heavy (non-hydrogen) atoms. The quantitative estimate of drug-likeness (QED) is 0.696. The van der Waals surface area contributed by atoms with Crippen LogP contribution in [0.3, 0.4) is 0 Å². The van der Waals surface area contributed by atoms with Crippen molar-refractivity contribution in [3.8, 4) is 11.5 Å². The Morgan fingerprint density at radius 2 is 1.77 bits per heavy atom. The van der Waals surface area contributed by atoms with Gasteiger partial charge in [0.05, 0.1) is 18.7 Å². The average Bonchev–Trinajstić information content (AvgIpc) is 2.57. The topological polar surface area (TPSA) is 44.2 Å². The van der Waals surface area contributed by atoms with Gasteiger partial charge in [-0.1, -0.05) is 12.1 Å². The van der Waals surface area contributed by atoms with Gasteiger partial charge in [0.25, 0.3) is 0 Å². The monoisotopic (exact) mass is 294 g/mol. The molecule has 0 unspecified atom stereocenters. The van der Waals surface area contributed by atoms with Crippen molar-refractivity contribution in [3.63, 3.8) is 0 Å². The van der Waals surface area contributed by atoms with Crippen LogP contribution in [-0.4, -0.2) is 23.2 Å². The highest BCUT2D eigenvalue weighted by molar-refractivity contribution is 5.80. The molecule has 0 amide bonds. The molecule has 0 bridgehead atoms. The summed E-state index contributed by atoms with van der Waals surface area (Å²) in [7, 11) is 0. The summed E-state index contributed by atoms with van der Waals surface area (Å²) in [6, 6.07) is 13.8. The Bertz CT molecular complexity index is 736. The van der Waals surface area contributed by atoms with Crippen LogP contribution in [0.25, 0.3) is 11.0 Å². The van der Waals surface area contributed by atoms with Gasteiger partial charge in [0.1, 0.15) is 17.0 Å². The first-order valence-electron chi connectivity index (χ1n) is 7.41. The summed E-state index contributed by atoms with van der Waals surface area (Å²) in [5, 5.41) is 0. The number of rotatable bonds is 6. The van der Waals surface area contributed by atoms with Gasteiger partial charge in [0.15, 0.2) is 0 Å². The fraction of sp³-hybridized carbons (Fsp3) is 0.222. The van der Waals surface area contributed by atoms with Crippen LogP contribution in [0.5, 0.6) is 11.5 Å². The highest BCUT2D eigenvalue weighted by Crippen LogP contribution is 2.21. The molecule has 2 aromatic heterocycles. The van der Waals surface area contributed by atoms with Crippen LogP contribution < -0.4 is 9.47 Å². The zero-order valence-corrected chi connectivity index (χ0v) is 12.5. The van der Waals surface area contributed by atoms with E-state index in [1.54, 1.807) is 12.4 Å². The predicted molar refractivity (Wildman–Crippen MR) is 86.3 cm³/mol. The van der Waals surface area contributed by atoms with Crippen molar-refractivity contribution in [2.24, 2.45) is 0 Å². The van der Waals surface area contributed by atoms with E-state index in [1.165, 1.54) is 5.56 Å². The van der Waals surface area contributed by atoms with Crippen LogP contribution in [0.2, 0.25) is 0 Å². The van der Waals surface area contributed by atoms with Crippen molar-refractivity contribution in [2.75, 3.05) is 13.2 Å². The lowest BCUT2D eigenvalue weighted by atomic mass is 10.1. The standard InChI is InChI=1S/C18H18N2O2/c1-2-21-15-7-5-14(6-8-15)10-13-22-17-9-12-19-16-4-3-11-20-18(16)17/h3-9,11-12H,2,10,13H2,1H3.